The lowest BCUT2D eigenvalue weighted by Crippen LogP contribution is -2.42. The first-order valence-electron chi connectivity index (χ1n) is 8.41. The number of nitrogens with one attached hydrogen (secondary N) is 1. The maximum atomic E-state index is 5.47. The van der Waals surface area contributed by atoms with Crippen LogP contribution in [-0.4, -0.2) is 50.8 Å². The molecule has 124 valence electrons. The highest BCUT2D eigenvalue weighted by Gasteiger charge is 2.21. The highest BCUT2D eigenvalue weighted by Crippen LogP contribution is 2.25. The third-order valence-corrected chi connectivity index (χ3v) is 3.87. The Morgan fingerprint density at radius 1 is 1.43 bits per heavy atom. The first kappa shape index (κ1) is 18.3. The van der Waals surface area contributed by atoms with Gasteiger partial charge in [0.25, 0.3) is 0 Å². The van der Waals surface area contributed by atoms with Crippen molar-refractivity contribution in [2.24, 2.45) is 22.2 Å². The van der Waals surface area contributed by atoms with Gasteiger partial charge in [-0.3, -0.25) is 4.99 Å². The van der Waals surface area contributed by atoms with Crippen LogP contribution < -0.4 is 5.32 Å². The summed E-state index contributed by atoms with van der Waals surface area (Å²) in [6.45, 7) is 15.9. The van der Waals surface area contributed by atoms with E-state index < -0.39 is 0 Å². The molecule has 1 N–H and O–H groups in total. The monoisotopic (exact) mass is 297 g/mol. The van der Waals surface area contributed by atoms with Gasteiger partial charge in [0.15, 0.2) is 5.96 Å². The second-order valence-electron chi connectivity index (χ2n) is 7.54. The van der Waals surface area contributed by atoms with Gasteiger partial charge in [-0.25, -0.2) is 0 Å². The molecule has 0 amide bonds. The Labute approximate surface area is 131 Å². The fourth-order valence-electron chi connectivity index (χ4n) is 3.13. The molecular formula is C17H35N3O. The molecule has 0 aromatic carbocycles. The summed E-state index contributed by atoms with van der Waals surface area (Å²) in [4.78, 5) is 7.13. The van der Waals surface area contributed by atoms with Crippen molar-refractivity contribution < 1.29 is 4.74 Å². The third kappa shape index (κ3) is 7.16. The Morgan fingerprint density at radius 2 is 2.14 bits per heavy atom. The molecule has 0 radical (unpaired) electrons. The number of rotatable bonds is 7. The molecule has 1 heterocycles. The van der Waals surface area contributed by atoms with Crippen LogP contribution in [0.1, 0.15) is 47.5 Å². The molecule has 0 aromatic heterocycles. The van der Waals surface area contributed by atoms with E-state index in [4.69, 9.17) is 9.73 Å². The second-order valence-corrected chi connectivity index (χ2v) is 7.54. The number of hydrogen-bond acceptors (Lipinski definition) is 2. The Hall–Kier alpha value is -0.770. The number of aliphatic imine (C=N–C) groups is 1. The first-order chi connectivity index (χ1) is 9.84. The van der Waals surface area contributed by atoms with Crippen LogP contribution in [-0.2, 0) is 4.74 Å². The zero-order valence-electron chi connectivity index (χ0n) is 14.9. The van der Waals surface area contributed by atoms with E-state index in [0.29, 0.717) is 11.8 Å². The summed E-state index contributed by atoms with van der Waals surface area (Å²) in [6.07, 6.45) is 2.37. The van der Waals surface area contributed by atoms with Crippen molar-refractivity contribution in [1.29, 1.82) is 0 Å². The standard InChI is InChI=1S/C17H35N3O/c1-7-18-16(19-13-17(4,5)10-14(2)3)20(6)11-15-8-9-21-12-15/h14-15H,7-13H2,1-6H3,(H,18,19). The van der Waals surface area contributed by atoms with E-state index in [-0.39, 0.29) is 5.41 Å². The SMILES string of the molecule is CCNC(=NCC(C)(C)CC(C)C)N(C)CC1CCOC1. The average Bonchev–Trinajstić information content (AvgIpc) is 2.85. The quantitative estimate of drug-likeness (QED) is 0.580. The highest BCUT2D eigenvalue weighted by atomic mass is 16.5. The van der Waals surface area contributed by atoms with Gasteiger partial charge in [0.05, 0.1) is 6.61 Å². The molecule has 4 nitrogen and oxygen atoms in total. The first-order valence-corrected chi connectivity index (χ1v) is 8.41. The van der Waals surface area contributed by atoms with Gasteiger partial charge >= 0.3 is 0 Å². The van der Waals surface area contributed by atoms with E-state index in [2.05, 4.69) is 51.9 Å². The van der Waals surface area contributed by atoms with Crippen molar-refractivity contribution in [1.82, 2.24) is 10.2 Å². The fourth-order valence-corrected chi connectivity index (χ4v) is 3.13. The fraction of sp³-hybridized carbons (Fsp3) is 0.941. The van der Waals surface area contributed by atoms with Gasteiger partial charge < -0.3 is 15.0 Å². The van der Waals surface area contributed by atoms with Crippen molar-refractivity contribution in [3.63, 3.8) is 0 Å². The van der Waals surface area contributed by atoms with Crippen molar-refractivity contribution in [3.8, 4) is 0 Å². The number of ether oxygens (including phenoxy) is 1. The number of guanidine groups is 1. The molecule has 0 spiro atoms. The van der Waals surface area contributed by atoms with Gasteiger partial charge in [-0.15, -0.1) is 0 Å². The van der Waals surface area contributed by atoms with Gasteiger partial charge in [0, 0.05) is 39.2 Å². The summed E-state index contributed by atoms with van der Waals surface area (Å²) in [5, 5.41) is 3.42. The molecule has 1 aliphatic rings. The number of nitrogens with zero attached hydrogens (tertiary/aromatic N) is 2. The highest BCUT2D eigenvalue weighted by molar-refractivity contribution is 5.79. The molecule has 1 unspecified atom stereocenters. The molecule has 1 aliphatic heterocycles. The molecule has 4 heteroatoms. The Morgan fingerprint density at radius 3 is 2.67 bits per heavy atom. The van der Waals surface area contributed by atoms with Crippen molar-refractivity contribution in [3.05, 3.63) is 0 Å². The zero-order valence-corrected chi connectivity index (χ0v) is 14.9. The molecule has 0 bridgehead atoms. The van der Waals surface area contributed by atoms with E-state index in [1.807, 2.05) is 0 Å². The van der Waals surface area contributed by atoms with Crippen LogP contribution in [0.3, 0.4) is 0 Å². The summed E-state index contributed by atoms with van der Waals surface area (Å²) < 4.78 is 5.47. The molecule has 0 aliphatic carbocycles. The largest absolute Gasteiger partial charge is 0.381 e. The predicted octanol–water partition coefficient (Wildman–Crippen LogP) is 2.99. The van der Waals surface area contributed by atoms with E-state index >= 15 is 0 Å². The van der Waals surface area contributed by atoms with Crippen LogP contribution in [0, 0.1) is 17.3 Å². The van der Waals surface area contributed by atoms with Crippen molar-refractivity contribution >= 4 is 5.96 Å². The molecule has 0 aromatic rings. The second kappa shape index (κ2) is 8.62. The van der Waals surface area contributed by atoms with E-state index in [0.717, 1.165) is 38.8 Å². The number of hydrogen-bond donors (Lipinski definition) is 1. The molecule has 1 saturated heterocycles. The minimum atomic E-state index is 0.256. The lowest BCUT2D eigenvalue weighted by Gasteiger charge is -2.28. The van der Waals surface area contributed by atoms with Gasteiger partial charge in [-0.05, 0) is 31.1 Å². The smallest absolute Gasteiger partial charge is 0.193 e. The van der Waals surface area contributed by atoms with Crippen LogP contribution in [0.5, 0.6) is 0 Å². The van der Waals surface area contributed by atoms with Crippen LogP contribution in [0.2, 0.25) is 0 Å². The van der Waals surface area contributed by atoms with Crippen LogP contribution in [0.4, 0.5) is 0 Å². The predicted molar refractivity (Wildman–Crippen MR) is 90.8 cm³/mol. The molecule has 21 heavy (non-hydrogen) atoms. The molecule has 1 rings (SSSR count). The summed E-state index contributed by atoms with van der Waals surface area (Å²) in [6, 6.07) is 0. The Kier molecular flexibility index (Phi) is 7.50. The Bertz CT molecular complexity index is 320. The van der Waals surface area contributed by atoms with Crippen molar-refractivity contribution in [2.75, 3.05) is 39.9 Å². The van der Waals surface area contributed by atoms with E-state index in [1.165, 1.54) is 12.8 Å². The maximum absolute atomic E-state index is 5.47. The zero-order chi connectivity index (χ0) is 15.9. The normalized spacial score (nSPS) is 20.1. The molecular weight excluding hydrogens is 262 g/mol. The summed E-state index contributed by atoms with van der Waals surface area (Å²) in [7, 11) is 2.13. The van der Waals surface area contributed by atoms with Gasteiger partial charge in [-0.2, -0.15) is 0 Å². The summed E-state index contributed by atoms with van der Waals surface area (Å²) >= 11 is 0. The molecule has 0 saturated carbocycles. The lowest BCUT2D eigenvalue weighted by molar-refractivity contribution is 0.181. The van der Waals surface area contributed by atoms with E-state index in [9.17, 15) is 0 Å². The average molecular weight is 297 g/mol. The van der Waals surface area contributed by atoms with Gasteiger partial charge in [0.1, 0.15) is 0 Å². The summed E-state index contributed by atoms with van der Waals surface area (Å²) in [5.74, 6) is 2.38. The Balaban J connectivity index is 2.58. The molecule has 1 fully saturated rings. The minimum Gasteiger partial charge on any atom is -0.381 e. The molecule has 1 atom stereocenters. The van der Waals surface area contributed by atoms with Crippen LogP contribution >= 0.6 is 0 Å². The topological polar surface area (TPSA) is 36.9 Å². The minimum absolute atomic E-state index is 0.256. The van der Waals surface area contributed by atoms with Crippen LogP contribution in [0.25, 0.3) is 0 Å². The summed E-state index contributed by atoms with van der Waals surface area (Å²) in [5.41, 5.74) is 0.256. The maximum Gasteiger partial charge on any atom is 0.193 e. The third-order valence-electron chi connectivity index (χ3n) is 3.87. The lowest BCUT2D eigenvalue weighted by atomic mass is 9.84. The van der Waals surface area contributed by atoms with Crippen LogP contribution in [0.15, 0.2) is 4.99 Å². The van der Waals surface area contributed by atoms with Gasteiger partial charge in [-0.1, -0.05) is 27.7 Å². The van der Waals surface area contributed by atoms with Gasteiger partial charge in [0.2, 0.25) is 0 Å². The van der Waals surface area contributed by atoms with E-state index in [1.54, 1.807) is 0 Å². The van der Waals surface area contributed by atoms with Crippen molar-refractivity contribution in [2.45, 2.75) is 47.5 Å².